The third-order valence-electron chi connectivity index (χ3n) is 7.74. The molecule has 3 unspecified atom stereocenters. The number of nitrogens with one attached hydrogen (secondary N) is 1. The number of unbranched alkanes of at least 4 members (excludes halogenated alkanes) is 8. The molecule has 1 fully saturated rings. The Balaban J connectivity index is 2.47. The molecular formula is C28H51NO5. The van der Waals surface area contributed by atoms with Gasteiger partial charge in [-0.1, -0.05) is 98.3 Å². The summed E-state index contributed by atoms with van der Waals surface area (Å²) in [5.41, 5.74) is -0.802. The first-order valence-corrected chi connectivity index (χ1v) is 13.9. The molecule has 0 heterocycles. The Labute approximate surface area is 208 Å². The Bertz CT molecular complexity index is 602. The van der Waals surface area contributed by atoms with Gasteiger partial charge in [0, 0.05) is 23.8 Å². The summed E-state index contributed by atoms with van der Waals surface area (Å²) >= 11 is 0. The minimum absolute atomic E-state index is 0.0256. The van der Waals surface area contributed by atoms with Crippen LogP contribution in [0.1, 0.15) is 130 Å². The van der Waals surface area contributed by atoms with Crippen LogP contribution in [0.4, 0.5) is 0 Å². The van der Waals surface area contributed by atoms with E-state index in [4.69, 9.17) is 4.74 Å². The fourth-order valence-electron chi connectivity index (χ4n) is 5.16. The van der Waals surface area contributed by atoms with Gasteiger partial charge in [-0.2, -0.15) is 0 Å². The molecular weight excluding hydrogens is 430 g/mol. The molecule has 34 heavy (non-hydrogen) atoms. The van der Waals surface area contributed by atoms with Crippen LogP contribution >= 0.6 is 0 Å². The summed E-state index contributed by atoms with van der Waals surface area (Å²) in [5.74, 6) is -3.10. The quantitative estimate of drug-likeness (QED) is 0.169. The highest BCUT2D eigenvalue weighted by Crippen LogP contribution is 2.37. The number of hydrogen-bond donors (Lipinski definition) is 2. The highest BCUT2D eigenvalue weighted by Gasteiger charge is 2.45. The summed E-state index contributed by atoms with van der Waals surface area (Å²) in [6.45, 7) is 7.66. The Kier molecular flexibility index (Phi) is 15.2. The van der Waals surface area contributed by atoms with Crippen molar-refractivity contribution in [2.45, 2.75) is 136 Å². The zero-order chi connectivity index (χ0) is 25.4. The molecule has 0 saturated heterocycles. The van der Waals surface area contributed by atoms with Gasteiger partial charge in [0.05, 0.1) is 12.5 Å². The van der Waals surface area contributed by atoms with Gasteiger partial charge in [0.25, 0.3) is 0 Å². The molecule has 0 aromatic rings. The second-order valence-corrected chi connectivity index (χ2v) is 10.7. The first-order valence-electron chi connectivity index (χ1n) is 13.9. The summed E-state index contributed by atoms with van der Waals surface area (Å²) in [6, 6.07) is 0.139. The van der Waals surface area contributed by atoms with Crippen LogP contribution in [0.2, 0.25) is 0 Å². The fraction of sp³-hybridized carbons (Fsp3) is 0.893. The maximum Gasteiger partial charge on any atom is 0.307 e. The van der Waals surface area contributed by atoms with Crippen LogP contribution in [0, 0.1) is 17.3 Å². The van der Waals surface area contributed by atoms with Crippen molar-refractivity contribution in [3.05, 3.63) is 0 Å². The monoisotopic (exact) mass is 481 g/mol. The van der Waals surface area contributed by atoms with Gasteiger partial charge >= 0.3 is 11.9 Å². The molecule has 1 rings (SSSR count). The standard InChI is InChI=1S/C28H51NO5/c1-5-7-8-9-10-11-12-13-17-20-24(30)34-21-28(4,6-2)25(27(32)33)22(3)26(31)29-23-18-15-14-16-19-23/h22-23,25H,5-21H2,1-4H3,(H,29,31)(H,32,33). The molecule has 1 aliphatic rings. The van der Waals surface area contributed by atoms with Gasteiger partial charge in [-0.25, -0.2) is 0 Å². The van der Waals surface area contributed by atoms with E-state index in [-0.39, 0.29) is 24.5 Å². The Morgan fingerprint density at radius 3 is 2.03 bits per heavy atom. The summed E-state index contributed by atoms with van der Waals surface area (Å²) in [5, 5.41) is 13.1. The van der Waals surface area contributed by atoms with Crippen LogP contribution in [-0.2, 0) is 19.1 Å². The van der Waals surface area contributed by atoms with Gasteiger partial charge in [0.1, 0.15) is 0 Å². The summed E-state index contributed by atoms with van der Waals surface area (Å²) < 4.78 is 5.55. The van der Waals surface area contributed by atoms with Crippen LogP contribution in [-0.4, -0.2) is 35.6 Å². The minimum Gasteiger partial charge on any atom is -0.481 e. The number of esters is 1. The van der Waals surface area contributed by atoms with Crippen LogP contribution in [0.25, 0.3) is 0 Å². The number of ether oxygens (including phenoxy) is 1. The molecule has 3 atom stereocenters. The van der Waals surface area contributed by atoms with Crippen molar-refractivity contribution < 1.29 is 24.2 Å². The molecule has 0 aromatic heterocycles. The van der Waals surface area contributed by atoms with Gasteiger partial charge in [-0.15, -0.1) is 0 Å². The molecule has 6 nitrogen and oxygen atoms in total. The van der Waals surface area contributed by atoms with Crippen molar-refractivity contribution >= 4 is 17.8 Å². The largest absolute Gasteiger partial charge is 0.481 e. The van der Waals surface area contributed by atoms with Gasteiger partial charge in [-0.3, -0.25) is 14.4 Å². The first-order chi connectivity index (χ1) is 16.2. The fourth-order valence-corrected chi connectivity index (χ4v) is 5.16. The molecule has 0 spiro atoms. The zero-order valence-corrected chi connectivity index (χ0v) is 22.3. The van der Waals surface area contributed by atoms with E-state index in [2.05, 4.69) is 12.2 Å². The number of amides is 1. The molecule has 0 aliphatic heterocycles. The lowest BCUT2D eigenvalue weighted by molar-refractivity contribution is -0.161. The molecule has 0 bridgehead atoms. The minimum atomic E-state index is -1.01. The van der Waals surface area contributed by atoms with E-state index >= 15 is 0 Å². The van der Waals surface area contributed by atoms with E-state index in [0.717, 1.165) is 44.9 Å². The third-order valence-corrected chi connectivity index (χ3v) is 7.74. The second-order valence-electron chi connectivity index (χ2n) is 10.7. The molecule has 198 valence electrons. The number of rotatable bonds is 18. The SMILES string of the molecule is CCCCCCCCCCCC(=O)OCC(C)(CC)C(C(=O)O)C(C)C(=O)NC1CCCCC1. The van der Waals surface area contributed by atoms with Crippen molar-refractivity contribution in [3.8, 4) is 0 Å². The molecule has 1 aliphatic carbocycles. The molecule has 0 aromatic carbocycles. The molecule has 0 radical (unpaired) electrons. The van der Waals surface area contributed by atoms with E-state index in [1.54, 1.807) is 6.92 Å². The van der Waals surface area contributed by atoms with Crippen molar-refractivity contribution in [2.24, 2.45) is 17.3 Å². The summed E-state index contributed by atoms with van der Waals surface area (Å²) in [4.78, 5) is 37.4. The van der Waals surface area contributed by atoms with Gasteiger partial charge in [-0.05, 0) is 25.7 Å². The molecule has 1 saturated carbocycles. The van der Waals surface area contributed by atoms with Crippen LogP contribution < -0.4 is 5.32 Å². The maximum absolute atomic E-state index is 12.9. The van der Waals surface area contributed by atoms with Crippen LogP contribution in [0.15, 0.2) is 0 Å². The van der Waals surface area contributed by atoms with E-state index in [0.29, 0.717) is 12.8 Å². The van der Waals surface area contributed by atoms with Gasteiger partial charge in [0.15, 0.2) is 0 Å². The number of carboxylic acid groups (broad SMARTS) is 1. The Hall–Kier alpha value is -1.59. The van der Waals surface area contributed by atoms with E-state index in [9.17, 15) is 19.5 Å². The van der Waals surface area contributed by atoms with E-state index in [1.165, 1.54) is 44.9 Å². The summed E-state index contributed by atoms with van der Waals surface area (Å²) in [6.07, 6.45) is 16.8. The highest BCUT2D eigenvalue weighted by atomic mass is 16.5. The molecule has 6 heteroatoms. The van der Waals surface area contributed by atoms with Crippen molar-refractivity contribution in [2.75, 3.05) is 6.61 Å². The number of carbonyl (C=O) groups excluding carboxylic acids is 2. The Morgan fingerprint density at radius 1 is 0.941 bits per heavy atom. The predicted octanol–water partition coefficient (Wildman–Crippen LogP) is 6.65. The lowest BCUT2D eigenvalue weighted by Crippen LogP contribution is -2.48. The molecule has 2 N–H and O–H groups in total. The number of hydrogen-bond acceptors (Lipinski definition) is 4. The van der Waals surface area contributed by atoms with E-state index < -0.39 is 23.2 Å². The predicted molar refractivity (Wildman–Crippen MR) is 137 cm³/mol. The second kappa shape index (κ2) is 16.9. The number of carboxylic acids is 1. The zero-order valence-electron chi connectivity index (χ0n) is 22.3. The van der Waals surface area contributed by atoms with Crippen molar-refractivity contribution in [3.63, 3.8) is 0 Å². The van der Waals surface area contributed by atoms with Crippen molar-refractivity contribution in [1.82, 2.24) is 5.32 Å². The smallest absolute Gasteiger partial charge is 0.307 e. The normalized spacial score (nSPS) is 18.0. The lowest BCUT2D eigenvalue weighted by atomic mass is 9.69. The Morgan fingerprint density at radius 2 is 1.50 bits per heavy atom. The average molecular weight is 482 g/mol. The first kappa shape index (κ1) is 30.4. The number of aliphatic carboxylic acids is 1. The number of carbonyl (C=O) groups is 3. The van der Waals surface area contributed by atoms with Gasteiger partial charge in [0.2, 0.25) is 5.91 Å². The lowest BCUT2D eigenvalue weighted by Gasteiger charge is -2.37. The molecule has 1 amide bonds. The maximum atomic E-state index is 12.9. The average Bonchev–Trinajstić information content (AvgIpc) is 2.82. The highest BCUT2D eigenvalue weighted by molar-refractivity contribution is 5.85. The topological polar surface area (TPSA) is 92.7 Å². The summed E-state index contributed by atoms with van der Waals surface area (Å²) in [7, 11) is 0. The van der Waals surface area contributed by atoms with E-state index in [1.807, 2.05) is 13.8 Å². The van der Waals surface area contributed by atoms with Crippen LogP contribution in [0.3, 0.4) is 0 Å². The van der Waals surface area contributed by atoms with Crippen molar-refractivity contribution in [1.29, 1.82) is 0 Å². The third kappa shape index (κ3) is 11.2. The van der Waals surface area contributed by atoms with Gasteiger partial charge < -0.3 is 15.2 Å². The van der Waals surface area contributed by atoms with Crippen LogP contribution in [0.5, 0.6) is 0 Å².